The van der Waals surface area contributed by atoms with Gasteiger partial charge in [0.15, 0.2) is 0 Å². The quantitative estimate of drug-likeness (QED) is 0.846. The number of anilines is 2. The monoisotopic (exact) mass is 325 g/mol. The Kier molecular flexibility index (Phi) is 5.57. The maximum absolute atomic E-state index is 12.3. The van der Waals surface area contributed by atoms with Crippen LogP contribution in [-0.2, 0) is 4.79 Å². The van der Waals surface area contributed by atoms with Crippen molar-refractivity contribution in [3.63, 3.8) is 0 Å². The Morgan fingerprint density at radius 1 is 1.12 bits per heavy atom. The van der Waals surface area contributed by atoms with Crippen LogP contribution in [0, 0.1) is 0 Å². The molecule has 3 N–H and O–H groups in total. The molecule has 0 spiro atoms. The summed E-state index contributed by atoms with van der Waals surface area (Å²) in [6, 6.07) is 13.3. The molecule has 0 saturated carbocycles. The fourth-order valence-electron chi connectivity index (χ4n) is 2.14. The number of nitrogens with two attached hydrogens (primary N) is 1. The molecular weight excluding hydrogens is 306 g/mol. The Morgan fingerprint density at radius 2 is 1.79 bits per heavy atom. The molecule has 2 aromatic carbocycles. The van der Waals surface area contributed by atoms with E-state index in [1.807, 2.05) is 24.3 Å². The number of urea groups is 1. The third-order valence-corrected chi connectivity index (χ3v) is 3.28. The molecule has 0 saturated heterocycles. The van der Waals surface area contributed by atoms with Crippen molar-refractivity contribution in [3.8, 4) is 5.75 Å². The number of carbonyl (C=O) groups is 2. The minimum Gasteiger partial charge on any atom is -0.496 e. The summed E-state index contributed by atoms with van der Waals surface area (Å²) in [5.74, 6) is 0.285. The Bertz CT molecular complexity index is 754. The number of benzene rings is 2. The zero-order chi connectivity index (χ0) is 17.5. The van der Waals surface area contributed by atoms with Crippen LogP contribution in [0.4, 0.5) is 16.2 Å². The summed E-state index contributed by atoms with van der Waals surface area (Å²) in [5.41, 5.74) is 7.43. The summed E-state index contributed by atoms with van der Waals surface area (Å²) >= 11 is 0. The molecule has 0 aromatic heterocycles. The number of hydrogen-bond acceptors (Lipinski definition) is 4. The number of rotatable bonds is 4. The Labute approximate surface area is 140 Å². The third-order valence-electron chi connectivity index (χ3n) is 3.28. The van der Waals surface area contributed by atoms with Crippen LogP contribution in [0.5, 0.6) is 5.75 Å². The number of nitrogens with zero attached hydrogens (tertiary/aromatic N) is 1. The van der Waals surface area contributed by atoms with Crippen LogP contribution in [0.3, 0.4) is 0 Å². The first-order valence-electron chi connectivity index (χ1n) is 7.29. The zero-order valence-electron chi connectivity index (χ0n) is 13.5. The van der Waals surface area contributed by atoms with Crippen LogP contribution in [0.15, 0.2) is 54.7 Å². The molecule has 6 nitrogen and oxygen atoms in total. The highest BCUT2D eigenvalue weighted by molar-refractivity contribution is 6.13. The lowest BCUT2D eigenvalue weighted by molar-refractivity contribution is -0.115. The van der Waals surface area contributed by atoms with E-state index in [0.29, 0.717) is 17.1 Å². The largest absolute Gasteiger partial charge is 0.496 e. The lowest BCUT2D eigenvalue weighted by Gasteiger charge is -2.18. The third kappa shape index (κ3) is 4.13. The van der Waals surface area contributed by atoms with Crippen LogP contribution in [0.25, 0.3) is 6.08 Å². The standard InChI is InChI=1S/C18H19N3O3/c1-13(22)21(16-9-7-15(19)8-10-16)18(23)20-12-11-14-5-3-4-6-17(14)24-2/h3-12H,19H2,1-2H3,(H,20,23)/b12-11+. The molecule has 3 amide bonds. The van der Waals surface area contributed by atoms with Crippen LogP contribution in [-0.4, -0.2) is 19.0 Å². The van der Waals surface area contributed by atoms with Crippen molar-refractivity contribution < 1.29 is 14.3 Å². The van der Waals surface area contributed by atoms with Gasteiger partial charge < -0.3 is 15.8 Å². The minimum atomic E-state index is -0.557. The highest BCUT2D eigenvalue weighted by Gasteiger charge is 2.19. The molecule has 0 radical (unpaired) electrons. The van der Waals surface area contributed by atoms with Gasteiger partial charge in [-0.2, -0.15) is 0 Å². The molecule has 0 heterocycles. The molecule has 0 aliphatic heterocycles. The number of nitrogen functional groups attached to an aromatic ring is 1. The number of ether oxygens (including phenoxy) is 1. The molecule has 6 heteroatoms. The van der Waals surface area contributed by atoms with Crippen LogP contribution in [0.2, 0.25) is 0 Å². The molecule has 2 rings (SSSR count). The normalized spacial score (nSPS) is 10.4. The number of nitrogens with one attached hydrogen (secondary N) is 1. The van der Waals surface area contributed by atoms with Crippen molar-refractivity contribution in [1.82, 2.24) is 5.32 Å². The van der Waals surface area contributed by atoms with Gasteiger partial charge in [-0.05, 0) is 36.4 Å². The van der Waals surface area contributed by atoms with E-state index in [9.17, 15) is 9.59 Å². The lowest BCUT2D eigenvalue weighted by Crippen LogP contribution is -2.40. The predicted octanol–water partition coefficient (Wildman–Crippen LogP) is 3.01. The summed E-state index contributed by atoms with van der Waals surface area (Å²) in [4.78, 5) is 25.1. The Balaban J connectivity index is 2.12. The first kappa shape index (κ1) is 17.1. The fourth-order valence-corrected chi connectivity index (χ4v) is 2.14. The second-order valence-electron chi connectivity index (χ2n) is 4.97. The molecule has 0 aliphatic rings. The summed E-state index contributed by atoms with van der Waals surface area (Å²) in [5, 5.41) is 2.58. The van der Waals surface area contributed by atoms with E-state index in [1.165, 1.54) is 13.1 Å². The van der Waals surface area contributed by atoms with Gasteiger partial charge in [-0.1, -0.05) is 18.2 Å². The molecule has 0 bridgehead atoms. The SMILES string of the molecule is COc1ccccc1/C=C/NC(=O)N(C(C)=O)c1ccc(N)cc1. The molecular formula is C18H19N3O3. The molecule has 0 aliphatic carbocycles. The molecule has 0 atom stereocenters. The summed E-state index contributed by atoms with van der Waals surface area (Å²) in [7, 11) is 1.57. The molecule has 0 unspecified atom stereocenters. The first-order valence-corrected chi connectivity index (χ1v) is 7.29. The number of amides is 3. The number of hydrogen-bond donors (Lipinski definition) is 2. The van der Waals surface area contributed by atoms with Crippen molar-refractivity contribution in [2.45, 2.75) is 6.92 Å². The minimum absolute atomic E-state index is 0.400. The van der Waals surface area contributed by atoms with E-state index in [1.54, 1.807) is 37.5 Å². The fraction of sp³-hybridized carbons (Fsp3) is 0.111. The van der Waals surface area contributed by atoms with Gasteiger partial charge in [0.1, 0.15) is 5.75 Å². The van der Waals surface area contributed by atoms with E-state index in [4.69, 9.17) is 10.5 Å². The van der Waals surface area contributed by atoms with Crippen molar-refractivity contribution in [2.24, 2.45) is 0 Å². The predicted molar refractivity (Wildman–Crippen MR) is 94.6 cm³/mol. The van der Waals surface area contributed by atoms with Crippen molar-refractivity contribution >= 4 is 29.4 Å². The maximum atomic E-state index is 12.3. The van der Waals surface area contributed by atoms with Gasteiger partial charge in [-0.15, -0.1) is 0 Å². The van der Waals surface area contributed by atoms with E-state index in [0.717, 1.165) is 10.5 Å². The van der Waals surface area contributed by atoms with Crippen LogP contribution >= 0.6 is 0 Å². The molecule has 24 heavy (non-hydrogen) atoms. The Morgan fingerprint density at radius 3 is 2.42 bits per heavy atom. The number of imide groups is 1. The average molecular weight is 325 g/mol. The number of para-hydroxylation sites is 1. The molecule has 2 aromatic rings. The molecule has 0 fully saturated rings. The first-order chi connectivity index (χ1) is 11.5. The van der Waals surface area contributed by atoms with Gasteiger partial charge in [0, 0.05) is 24.4 Å². The topological polar surface area (TPSA) is 84.7 Å². The van der Waals surface area contributed by atoms with Crippen molar-refractivity contribution in [3.05, 3.63) is 60.3 Å². The van der Waals surface area contributed by atoms with E-state index in [2.05, 4.69) is 5.32 Å². The lowest BCUT2D eigenvalue weighted by atomic mass is 10.2. The van der Waals surface area contributed by atoms with Gasteiger partial charge in [0.2, 0.25) is 5.91 Å². The van der Waals surface area contributed by atoms with Crippen molar-refractivity contribution in [2.75, 3.05) is 17.7 Å². The smallest absolute Gasteiger partial charge is 0.332 e. The van der Waals surface area contributed by atoms with E-state index < -0.39 is 11.9 Å². The van der Waals surface area contributed by atoms with Crippen LogP contribution < -0.4 is 20.7 Å². The van der Waals surface area contributed by atoms with Crippen LogP contribution in [0.1, 0.15) is 12.5 Å². The second-order valence-corrected chi connectivity index (χ2v) is 4.97. The van der Waals surface area contributed by atoms with Gasteiger partial charge in [-0.3, -0.25) is 4.79 Å². The van der Waals surface area contributed by atoms with Gasteiger partial charge in [0.05, 0.1) is 12.8 Å². The van der Waals surface area contributed by atoms with Gasteiger partial charge in [-0.25, -0.2) is 9.69 Å². The van der Waals surface area contributed by atoms with E-state index >= 15 is 0 Å². The highest BCUT2D eigenvalue weighted by Crippen LogP contribution is 2.19. The number of carbonyl (C=O) groups excluding carboxylic acids is 2. The van der Waals surface area contributed by atoms with E-state index in [-0.39, 0.29) is 0 Å². The zero-order valence-corrected chi connectivity index (χ0v) is 13.5. The highest BCUT2D eigenvalue weighted by atomic mass is 16.5. The van der Waals surface area contributed by atoms with Gasteiger partial charge >= 0.3 is 6.03 Å². The van der Waals surface area contributed by atoms with Crippen molar-refractivity contribution in [1.29, 1.82) is 0 Å². The average Bonchev–Trinajstić information content (AvgIpc) is 2.57. The Hall–Kier alpha value is -3.28. The second kappa shape index (κ2) is 7.82. The summed E-state index contributed by atoms with van der Waals surface area (Å²) < 4.78 is 5.23. The number of methoxy groups -OCH3 is 1. The summed E-state index contributed by atoms with van der Waals surface area (Å²) in [6.07, 6.45) is 3.16. The summed E-state index contributed by atoms with van der Waals surface area (Å²) in [6.45, 7) is 1.32. The maximum Gasteiger partial charge on any atom is 0.332 e. The molecule has 124 valence electrons. The van der Waals surface area contributed by atoms with Gasteiger partial charge in [0.25, 0.3) is 0 Å².